The summed E-state index contributed by atoms with van der Waals surface area (Å²) in [6.07, 6.45) is 0.863. The third kappa shape index (κ3) is 4.26. The summed E-state index contributed by atoms with van der Waals surface area (Å²) >= 11 is 1.75. The minimum atomic E-state index is -0.669. The highest BCUT2D eigenvalue weighted by Gasteiger charge is 2.26. The lowest BCUT2D eigenvalue weighted by Gasteiger charge is -2.22. The minimum Gasteiger partial charge on any atom is -0.451 e. The van der Waals surface area contributed by atoms with Gasteiger partial charge in [0.15, 0.2) is 12.3 Å². The van der Waals surface area contributed by atoms with Crippen LogP contribution in [0.2, 0.25) is 0 Å². The van der Waals surface area contributed by atoms with Crippen molar-refractivity contribution in [2.24, 2.45) is 0 Å². The zero-order chi connectivity index (χ0) is 21.1. The normalized spacial score (nSPS) is 15.9. The van der Waals surface area contributed by atoms with E-state index in [-0.39, 0.29) is 18.2 Å². The number of carbonyl (C=O) groups is 2. The van der Waals surface area contributed by atoms with Crippen LogP contribution in [-0.4, -0.2) is 35.3 Å². The number of nitrogens with zero attached hydrogens (tertiary/aromatic N) is 2. The SMILES string of the molecule is Cc1oc(-c2ccccc2)nc1C(=O)OCC(=O)N1CC[C@@H](C)Sc2ccccc21. The molecule has 0 spiro atoms. The van der Waals surface area contributed by atoms with Crippen molar-refractivity contribution in [2.45, 2.75) is 30.4 Å². The molecule has 7 heteroatoms. The Bertz CT molecular complexity index is 1060. The highest BCUT2D eigenvalue weighted by molar-refractivity contribution is 8.00. The van der Waals surface area contributed by atoms with Crippen LogP contribution >= 0.6 is 11.8 Å². The first-order valence-electron chi connectivity index (χ1n) is 9.79. The third-order valence-corrected chi connectivity index (χ3v) is 6.12. The Hall–Kier alpha value is -3.06. The van der Waals surface area contributed by atoms with Crippen LogP contribution in [0.15, 0.2) is 63.9 Å². The number of thioether (sulfide) groups is 1. The van der Waals surface area contributed by atoms with Gasteiger partial charge in [-0.3, -0.25) is 4.79 Å². The van der Waals surface area contributed by atoms with E-state index >= 15 is 0 Å². The molecule has 0 saturated heterocycles. The zero-order valence-corrected chi connectivity index (χ0v) is 17.6. The molecule has 0 fully saturated rings. The smallest absolute Gasteiger partial charge is 0.361 e. The fourth-order valence-electron chi connectivity index (χ4n) is 3.31. The van der Waals surface area contributed by atoms with E-state index in [0.29, 0.717) is 23.4 Å². The molecule has 154 valence electrons. The van der Waals surface area contributed by atoms with E-state index in [1.54, 1.807) is 23.6 Å². The van der Waals surface area contributed by atoms with E-state index in [0.717, 1.165) is 22.6 Å². The summed E-state index contributed by atoms with van der Waals surface area (Å²) in [5.41, 5.74) is 1.71. The average molecular weight is 423 g/mol. The van der Waals surface area contributed by atoms with Crippen molar-refractivity contribution in [3.8, 4) is 11.5 Å². The molecule has 1 atom stereocenters. The van der Waals surface area contributed by atoms with Crippen molar-refractivity contribution in [3.63, 3.8) is 0 Å². The minimum absolute atomic E-state index is 0.0853. The molecule has 2 heterocycles. The number of aryl methyl sites for hydroxylation is 1. The number of benzene rings is 2. The number of hydrogen-bond donors (Lipinski definition) is 0. The summed E-state index contributed by atoms with van der Waals surface area (Å²) in [6.45, 7) is 4.04. The summed E-state index contributed by atoms with van der Waals surface area (Å²) in [5.74, 6) is -0.219. The number of oxazole rings is 1. The Morgan fingerprint density at radius 3 is 2.70 bits per heavy atom. The molecule has 1 aromatic heterocycles. The van der Waals surface area contributed by atoms with Gasteiger partial charge in [-0.05, 0) is 37.6 Å². The molecule has 0 bridgehead atoms. The fraction of sp³-hybridized carbons (Fsp3) is 0.261. The number of esters is 1. The molecule has 1 aliphatic heterocycles. The fourth-order valence-corrected chi connectivity index (χ4v) is 4.42. The standard InChI is InChI=1S/C23H22N2O4S/c1-15-12-13-25(18-10-6-7-11-19(18)30-15)20(26)14-28-23(27)21-16(2)29-22(24-21)17-8-4-3-5-9-17/h3-11,15H,12-14H2,1-2H3/t15-/m1/s1. The molecule has 1 amide bonds. The second-order valence-electron chi connectivity index (χ2n) is 7.10. The van der Waals surface area contributed by atoms with E-state index in [2.05, 4.69) is 11.9 Å². The number of para-hydroxylation sites is 1. The van der Waals surface area contributed by atoms with Crippen molar-refractivity contribution in [2.75, 3.05) is 18.1 Å². The Balaban J connectivity index is 1.46. The number of ether oxygens (including phenoxy) is 1. The van der Waals surface area contributed by atoms with Gasteiger partial charge in [-0.2, -0.15) is 0 Å². The lowest BCUT2D eigenvalue weighted by atomic mass is 10.2. The van der Waals surface area contributed by atoms with Gasteiger partial charge in [-0.1, -0.05) is 37.3 Å². The number of fused-ring (bicyclic) bond motifs is 1. The maximum absolute atomic E-state index is 12.9. The second-order valence-corrected chi connectivity index (χ2v) is 8.58. The van der Waals surface area contributed by atoms with Gasteiger partial charge >= 0.3 is 5.97 Å². The lowest BCUT2D eigenvalue weighted by Crippen LogP contribution is -2.35. The molecule has 0 unspecified atom stereocenters. The van der Waals surface area contributed by atoms with E-state index in [1.165, 1.54) is 0 Å². The van der Waals surface area contributed by atoms with Crippen molar-refractivity contribution in [3.05, 3.63) is 66.1 Å². The van der Waals surface area contributed by atoms with Crippen molar-refractivity contribution in [1.82, 2.24) is 4.98 Å². The molecular weight excluding hydrogens is 400 g/mol. The molecule has 0 N–H and O–H groups in total. The van der Waals surface area contributed by atoms with E-state index < -0.39 is 5.97 Å². The molecule has 3 aromatic rings. The molecule has 0 radical (unpaired) electrons. The van der Waals surface area contributed by atoms with E-state index in [4.69, 9.17) is 9.15 Å². The molecule has 6 nitrogen and oxygen atoms in total. The molecule has 1 aliphatic rings. The number of carbonyl (C=O) groups excluding carboxylic acids is 2. The largest absolute Gasteiger partial charge is 0.451 e. The van der Waals surface area contributed by atoms with Gasteiger partial charge < -0.3 is 14.1 Å². The molecule has 4 rings (SSSR count). The van der Waals surface area contributed by atoms with Crippen LogP contribution in [0.1, 0.15) is 29.6 Å². The van der Waals surface area contributed by atoms with Crippen LogP contribution in [0.3, 0.4) is 0 Å². The predicted octanol–water partition coefficient (Wildman–Crippen LogP) is 4.72. The van der Waals surface area contributed by atoms with Gasteiger partial charge in [0, 0.05) is 22.3 Å². The summed E-state index contributed by atoms with van der Waals surface area (Å²) < 4.78 is 10.9. The van der Waals surface area contributed by atoms with Gasteiger partial charge in [0.25, 0.3) is 5.91 Å². The summed E-state index contributed by atoms with van der Waals surface area (Å²) in [5, 5.41) is 0.403. The van der Waals surface area contributed by atoms with Gasteiger partial charge in [0.2, 0.25) is 5.89 Å². The number of aromatic nitrogens is 1. The molecule has 0 saturated carbocycles. The number of anilines is 1. The van der Waals surface area contributed by atoms with Crippen molar-refractivity contribution < 1.29 is 18.7 Å². The molecule has 0 aliphatic carbocycles. The second kappa shape index (κ2) is 8.75. The monoisotopic (exact) mass is 422 g/mol. The van der Waals surface area contributed by atoms with Crippen LogP contribution < -0.4 is 4.90 Å². The van der Waals surface area contributed by atoms with Crippen LogP contribution in [-0.2, 0) is 9.53 Å². The Labute approximate surface area is 179 Å². The Morgan fingerprint density at radius 1 is 1.17 bits per heavy atom. The van der Waals surface area contributed by atoms with Gasteiger partial charge in [-0.25, -0.2) is 9.78 Å². The molecule has 30 heavy (non-hydrogen) atoms. The van der Waals surface area contributed by atoms with Crippen molar-refractivity contribution >= 4 is 29.3 Å². The van der Waals surface area contributed by atoms with Gasteiger partial charge in [0.1, 0.15) is 5.76 Å². The van der Waals surface area contributed by atoms with Crippen LogP contribution in [0.4, 0.5) is 5.69 Å². The van der Waals surface area contributed by atoms with E-state index in [9.17, 15) is 9.59 Å². The highest BCUT2D eigenvalue weighted by Crippen LogP contribution is 2.37. The zero-order valence-electron chi connectivity index (χ0n) is 16.8. The number of hydrogen-bond acceptors (Lipinski definition) is 6. The first kappa shape index (κ1) is 20.2. The third-order valence-electron chi connectivity index (χ3n) is 4.88. The first-order valence-corrected chi connectivity index (χ1v) is 10.7. The number of amides is 1. The molecule has 2 aromatic carbocycles. The summed E-state index contributed by atoms with van der Waals surface area (Å²) in [7, 11) is 0. The summed E-state index contributed by atoms with van der Waals surface area (Å²) in [4.78, 5) is 32.4. The lowest BCUT2D eigenvalue weighted by molar-refractivity contribution is -0.121. The Kier molecular flexibility index (Phi) is 5.90. The summed E-state index contributed by atoms with van der Waals surface area (Å²) in [6, 6.07) is 17.1. The van der Waals surface area contributed by atoms with Crippen LogP contribution in [0.25, 0.3) is 11.5 Å². The average Bonchev–Trinajstić information content (AvgIpc) is 3.06. The quantitative estimate of drug-likeness (QED) is 0.566. The maximum Gasteiger partial charge on any atom is 0.361 e. The van der Waals surface area contributed by atoms with Gasteiger partial charge in [-0.15, -0.1) is 11.8 Å². The van der Waals surface area contributed by atoms with Crippen molar-refractivity contribution in [1.29, 1.82) is 0 Å². The Morgan fingerprint density at radius 2 is 1.90 bits per heavy atom. The van der Waals surface area contributed by atoms with E-state index in [1.807, 2.05) is 54.6 Å². The maximum atomic E-state index is 12.9. The first-order chi connectivity index (χ1) is 14.5. The topological polar surface area (TPSA) is 72.6 Å². The van der Waals surface area contributed by atoms with Crippen LogP contribution in [0.5, 0.6) is 0 Å². The highest BCUT2D eigenvalue weighted by atomic mass is 32.2. The molecular formula is C23H22N2O4S. The predicted molar refractivity (Wildman–Crippen MR) is 116 cm³/mol. The number of rotatable bonds is 4. The van der Waals surface area contributed by atoms with Gasteiger partial charge in [0.05, 0.1) is 5.69 Å². The van der Waals surface area contributed by atoms with Crippen LogP contribution in [0, 0.1) is 6.92 Å².